The maximum Gasteiger partial charge on any atom is 0.0505 e. The number of benzene rings is 7. The van der Waals surface area contributed by atoms with E-state index >= 15 is 0 Å². The van der Waals surface area contributed by atoms with Crippen LogP contribution < -0.4 is 9.80 Å². The van der Waals surface area contributed by atoms with Gasteiger partial charge in [0.2, 0.25) is 0 Å². The number of rotatable bonds is 6. The molecule has 3 aliphatic carbocycles. The molecule has 0 saturated carbocycles. The highest BCUT2D eigenvalue weighted by Crippen LogP contribution is 2.61. The smallest absolute Gasteiger partial charge is 0.0505 e. The molecule has 0 aliphatic heterocycles. The largest absolute Gasteiger partial charge is 0.310 e. The fraction of sp³-hybridized carbons (Fsp3) is 0.192. The van der Waals surface area contributed by atoms with Crippen molar-refractivity contribution in [3.05, 3.63) is 202 Å². The molecule has 0 radical (unpaired) electrons. The summed E-state index contributed by atoms with van der Waals surface area (Å²) in [5.41, 5.74) is 21.5. The van der Waals surface area contributed by atoms with Gasteiger partial charge in [0.25, 0.3) is 0 Å². The quantitative estimate of drug-likeness (QED) is 0.171. The summed E-state index contributed by atoms with van der Waals surface area (Å²) in [5.74, 6) is 0. The molecule has 10 rings (SSSR count). The highest BCUT2D eigenvalue weighted by molar-refractivity contribution is 5.92. The lowest BCUT2D eigenvalue weighted by molar-refractivity contribution is 0.508. The molecule has 2 nitrogen and oxygen atoms in total. The van der Waals surface area contributed by atoms with Gasteiger partial charge in [-0.2, -0.15) is 0 Å². The third-order valence-electron chi connectivity index (χ3n) is 12.9. The maximum absolute atomic E-state index is 2.59. The van der Waals surface area contributed by atoms with Gasteiger partial charge in [-0.25, -0.2) is 0 Å². The fourth-order valence-corrected chi connectivity index (χ4v) is 10.5. The minimum absolute atomic E-state index is 0.0526. The zero-order valence-corrected chi connectivity index (χ0v) is 31.7. The van der Waals surface area contributed by atoms with E-state index in [1.807, 2.05) is 0 Å². The highest BCUT2D eigenvalue weighted by atomic mass is 15.2. The average molecular weight is 699 g/mol. The Morgan fingerprint density at radius 1 is 0.426 bits per heavy atom. The Hall–Kier alpha value is -5.86. The van der Waals surface area contributed by atoms with E-state index in [0.717, 1.165) is 25.7 Å². The van der Waals surface area contributed by atoms with Gasteiger partial charge in [0.05, 0.1) is 11.4 Å². The summed E-state index contributed by atoms with van der Waals surface area (Å²) in [6.45, 7) is 9.42. The lowest BCUT2D eigenvalue weighted by atomic mass is 9.74. The van der Waals surface area contributed by atoms with Crippen molar-refractivity contribution < 1.29 is 0 Å². The van der Waals surface area contributed by atoms with Crippen LogP contribution in [0.2, 0.25) is 0 Å². The first-order valence-corrected chi connectivity index (χ1v) is 19.6. The molecular weight excluding hydrogens is 653 g/mol. The molecule has 0 unspecified atom stereocenters. The number of anilines is 6. The lowest BCUT2D eigenvalue weighted by Crippen LogP contribution is -2.27. The van der Waals surface area contributed by atoms with Gasteiger partial charge in [-0.15, -0.1) is 0 Å². The molecule has 3 aliphatic rings. The Kier molecular flexibility index (Phi) is 7.49. The molecule has 0 N–H and O–H groups in total. The molecule has 54 heavy (non-hydrogen) atoms. The van der Waals surface area contributed by atoms with E-state index in [0.29, 0.717) is 0 Å². The van der Waals surface area contributed by atoms with Gasteiger partial charge in [0, 0.05) is 33.6 Å². The van der Waals surface area contributed by atoms with E-state index < -0.39 is 0 Å². The number of aryl methyl sites for hydroxylation is 3. The second-order valence-corrected chi connectivity index (χ2v) is 16.1. The fourth-order valence-electron chi connectivity index (χ4n) is 10.5. The monoisotopic (exact) mass is 698 g/mol. The third-order valence-corrected chi connectivity index (χ3v) is 12.9. The SMILES string of the molecule is Cc1cccc2c1-c1c(ccc(N(c3ccccc3)c3cccc4c3[C@]3(CCc5cccc(N(c6ccccc6)c6ccccc6)c53)CC4)c1C)C2(C)C. The molecule has 0 aromatic heterocycles. The van der Waals surface area contributed by atoms with Crippen LogP contribution in [0.5, 0.6) is 0 Å². The van der Waals surface area contributed by atoms with E-state index in [-0.39, 0.29) is 10.8 Å². The summed E-state index contributed by atoms with van der Waals surface area (Å²) in [6, 6.07) is 58.8. The first-order chi connectivity index (χ1) is 26.4. The van der Waals surface area contributed by atoms with Gasteiger partial charge in [-0.05, 0) is 150 Å². The molecule has 0 heterocycles. The van der Waals surface area contributed by atoms with Gasteiger partial charge in [0.15, 0.2) is 0 Å². The van der Waals surface area contributed by atoms with Gasteiger partial charge in [0.1, 0.15) is 0 Å². The Balaban J connectivity index is 1.22. The van der Waals surface area contributed by atoms with E-state index in [1.165, 1.54) is 89.8 Å². The molecule has 0 bridgehead atoms. The number of para-hydroxylation sites is 3. The van der Waals surface area contributed by atoms with Crippen molar-refractivity contribution in [3.63, 3.8) is 0 Å². The molecule has 7 aromatic carbocycles. The summed E-state index contributed by atoms with van der Waals surface area (Å²) in [7, 11) is 0. The van der Waals surface area contributed by atoms with E-state index in [1.54, 1.807) is 0 Å². The molecule has 0 fully saturated rings. The second kappa shape index (κ2) is 12.4. The summed E-state index contributed by atoms with van der Waals surface area (Å²) in [4.78, 5) is 5.09. The predicted octanol–water partition coefficient (Wildman–Crippen LogP) is 13.7. The Morgan fingerprint density at radius 2 is 0.907 bits per heavy atom. The van der Waals surface area contributed by atoms with E-state index in [9.17, 15) is 0 Å². The van der Waals surface area contributed by atoms with Crippen LogP contribution in [0.1, 0.15) is 71.2 Å². The average Bonchev–Trinajstić information content (AvgIpc) is 3.85. The highest BCUT2D eigenvalue weighted by Gasteiger charge is 2.49. The summed E-state index contributed by atoms with van der Waals surface area (Å²) < 4.78 is 0. The number of hydrogen-bond donors (Lipinski definition) is 0. The van der Waals surface area contributed by atoms with Crippen molar-refractivity contribution in [2.75, 3.05) is 9.80 Å². The topological polar surface area (TPSA) is 6.48 Å². The van der Waals surface area contributed by atoms with Crippen molar-refractivity contribution in [2.24, 2.45) is 0 Å². The van der Waals surface area contributed by atoms with E-state index in [4.69, 9.17) is 0 Å². The summed E-state index contributed by atoms with van der Waals surface area (Å²) >= 11 is 0. The minimum Gasteiger partial charge on any atom is -0.310 e. The standard InChI is InChI=1S/C52H46N2/c1-35-17-14-26-42-47(35)48-36(2)44(30-29-43(48)51(42,3)4)54(41-24-12-7-13-25-41)46-28-16-19-38-32-34-52(50(38)46)33-31-37-18-15-27-45(49(37)52)53(39-20-8-5-9-21-39)40-22-10-6-11-23-40/h5-30H,31-34H2,1-4H3/t52-/m1/s1. The van der Waals surface area contributed by atoms with Crippen LogP contribution in [0, 0.1) is 13.8 Å². The van der Waals surface area contributed by atoms with Crippen LogP contribution in [0.15, 0.2) is 158 Å². The van der Waals surface area contributed by atoms with Crippen molar-refractivity contribution in [1.82, 2.24) is 0 Å². The lowest BCUT2D eigenvalue weighted by Gasteiger charge is -2.37. The van der Waals surface area contributed by atoms with E-state index in [2.05, 4.69) is 195 Å². The number of fused-ring (bicyclic) bond motifs is 7. The summed E-state index contributed by atoms with van der Waals surface area (Å²) in [6.07, 6.45) is 4.35. The Bertz CT molecular complexity index is 2510. The zero-order valence-electron chi connectivity index (χ0n) is 31.7. The van der Waals surface area contributed by atoms with Crippen molar-refractivity contribution in [2.45, 2.75) is 64.2 Å². The number of nitrogens with zero attached hydrogens (tertiary/aromatic N) is 2. The number of hydrogen-bond acceptors (Lipinski definition) is 2. The van der Waals surface area contributed by atoms with Crippen LogP contribution in [0.25, 0.3) is 11.1 Å². The van der Waals surface area contributed by atoms with Gasteiger partial charge >= 0.3 is 0 Å². The molecule has 7 aromatic rings. The third kappa shape index (κ3) is 4.72. The van der Waals surface area contributed by atoms with Gasteiger partial charge in [-0.3, -0.25) is 0 Å². The normalized spacial score (nSPS) is 17.2. The molecule has 2 heteroatoms. The van der Waals surface area contributed by atoms with Crippen molar-refractivity contribution in [3.8, 4) is 11.1 Å². The van der Waals surface area contributed by atoms with Crippen molar-refractivity contribution in [1.29, 1.82) is 0 Å². The van der Waals surface area contributed by atoms with Crippen LogP contribution in [0.3, 0.4) is 0 Å². The molecule has 1 spiro atoms. The van der Waals surface area contributed by atoms with Crippen LogP contribution in [-0.2, 0) is 23.7 Å². The second-order valence-electron chi connectivity index (χ2n) is 16.1. The van der Waals surface area contributed by atoms with Crippen LogP contribution in [-0.4, -0.2) is 0 Å². The Labute approximate surface area is 320 Å². The minimum atomic E-state index is -0.123. The molecule has 0 amide bonds. The molecule has 1 atom stereocenters. The summed E-state index contributed by atoms with van der Waals surface area (Å²) in [5, 5.41) is 0. The molecule has 264 valence electrons. The predicted molar refractivity (Wildman–Crippen MR) is 227 cm³/mol. The molecule has 0 saturated heterocycles. The van der Waals surface area contributed by atoms with Crippen LogP contribution >= 0.6 is 0 Å². The van der Waals surface area contributed by atoms with Crippen LogP contribution in [0.4, 0.5) is 34.1 Å². The zero-order chi connectivity index (χ0) is 36.6. The first kappa shape index (κ1) is 32.8. The van der Waals surface area contributed by atoms with Gasteiger partial charge in [-0.1, -0.05) is 117 Å². The maximum atomic E-state index is 2.59. The van der Waals surface area contributed by atoms with Crippen molar-refractivity contribution >= 4 is 34.1 Å². The first-order valence-electron chi connectivity index (χ1n) is 19.6. The Morgan fingerprint density at radius 3 is 1.46 bits per heavy atom. The van der Waals surface area contributed by atoms with Gasteiger partial charge < -0.3 is 9.80 Å². The molecular formula is C52H46N2.